The molecule has 0 aliphatic rings. The lowest BCUT2D eigenvalue weighted by molar-refractivity contribution is -0.158. The van der Waals surface area contributed by atoms with Crippen LogP contribution in [0, 0.1) is 5.92 Å². The van der Waals surface area contributed by atoms with E-state index in [4.69, 9.17) is 9.84 Å². The third kappa shape index (κ3) is 3.89. The zero-order valence-corrected chi connectivity index (χ0v) is 7.94. The van der Waals surface area contributed by atoms with Crippen LogP contribution in [0.2, 0.25) is 0 Å². The van der Waals surface area contributed by atoms with E-state index in [1.165, 1.54) is 7.11 Å². The minimum atomic E-state index is -1.18. The molecular formula is C8H14O5. The number of carbonyl (C=O) groups excluding carboxylic acids is 1. The summed E-state index contributed by atoms with van der Waals surface area (Å²) in [6, 6.07) is 0. The first-order valence-electron chi connectivity index (χ1n) is 3.86. The Hall–Kier alpha value is -1.10. The van der Waals surface area contributed by atoms with E-state index in [2.05, 4.69) is 4.74 Å². The highest BCUT2D eigenvalue weighted by Gasteiger charge is 2.28. The lowest BCUT2D eigenvalue weighted by Gasteiger charge is -2.14. The molecule has 0 rings (SSSR count). The second-order valence-electron chi connectivity index (χ2n) is 2.70. The molecule has 0 bridgehead atoms. The number of rotatable bonds is 5. The fourth-order valence-corrected chi connectivity index (χ4v) is 0.868. The molecule has 1 N–H and O–H groups in total. The van der Waals surface area contributed by atoms with Crippen molar-refractivity contribution < 1.29 is 24.2 Å². The van der Waals surface area contributed by atoms with Gasteiger partial charge in [-0.1, -0.05) is 0 Å². The molecule has 13 heavy (non-hydrogen) atoms. The highest BCUT2D eigenvalue weighted by atomic mass is 16.5. The lowest BCUT2D eigenvalue weighted by atomic mass is 10.0. The molecule has 76 valence electrons. The molecule has 0 amide bonds. The Morgan fingerprint density at radius 2 is 1.92 bits per heavy atom. The fourth-order valence-electron chi connectivity index (χ4n) is 0.868. The minimum Gasteiger partial charge on any atom is -0.481 e. The average molecular weight is 190 g/mol. The van der Waals surface area contributed by atoms with Gasteiger partial charge in [0.05, 0.1) is 13.2 Å². The van der Waals surface area contributed by atoms with Crippen molar-refractivity contribution in [1.29, 1.82) is 0 Å². The van der Waals surface area contributed by atoms with Gasteiger partial charge in [-0.05, 0) is 13.3 Å². The van der Waals surface area contributed by atoms with Crippen LogP contribution in [0.3, 0.4) is 0 Å². The molecule has 2 unspecified atom stereocenters. The second-order valence-corrected chi connectivity index (χ2v) is 2.70. The monoisotopic (exact) mass is 190 g/mol. The fraction of sp³-hybridized carbons (Fsp3) is 0.750. The maximum atomic E-state index is 10.9. The Morgan fingerprint density at radius 3 is 2.23 bits per heavy atom. The molecule has 0 aliphatic carbocycles. The van der Waals surface area contributed by atoms with Crippen molar-refractivity contribution in [3.8, 4) is 0 Å². The number of carboxylic acids is 1. The maximum Gasteiger partial charge on any atom is 0.320 e. The molecule has 2 atom stereocenters. The molecule has 5 nitrogen and oxygen atoms in total. The van der Waals surface area contributed by atoms with E-state index in [1.54, 1.807) is 6.92 Å². The van der Waals surface area contributed by atoms with Crippen LogP contribution >= 0.6 is 0 Å². The Bertz CT molecular complexity index is 189. The van der Waals surface area contributed by atoms with E-state index >= 15 is 0 Å². The summed E-state index contributed by atoms with van der Waals surface area (Å²) in [5, 5.41) is 8.66. The summed E-state index contributed by atoms with van der Waals surface area (Å²) < 4.78 is 9.20. The van der Waals surface area contributed by atoms with Crippen molar-refractivity contribution in [3.63, 3.8) is 0 Å². The third-order valence-corrected chi connectivity index (χ3v) is 1.75. The van der Waals surface area contributed by atoms with Crippen molar-refractivity contribution in [2.75, 3.05) is 14.2 Å². The predicted octanol–water partition coefficient (Wildman–Crippen LogP) is 0.285. The molecule has 0 aliphatic heterocycles. The topological polar surface area (TPSA) is 72.8 Å². The van der Waals surface area contributed by atoms with E-state index in [9.17, 15) is 9.59 Å². The van der Waals surface area contributed by atoms with Crippen LogP contribution in [0.1, 0.15) is 13.3 Å². The quantitative estimate of drug-likeness (QED) is 0.498. The van der Waals surface area contributed by atoms with Gasteiger partial charge in [-0.25, -0.2) is 0 Å². The maximum absolute atomic E-state index is 10.9. The van der Waals surface area contributed by atoms with Crippen molar-refractivity contribution >= 4 is 11.9 Å². The Kier molecular flexibility index (Phi) is 5.06. The lowest BCUT2D eigenvalue weighted by Crippen LogP contribution is -2.28. The van der Waals surface area contributed by atoms with Crippen LogP contribution in [-0.4, -0.2) is 37.4 Å². The zero-order valence-electron chi connectivity index (χ0n) is 7.94. The summed E-state index contributed by atoms with van der Waals surface area (Å²) in [6.07, 6.45) is -0.154. The third-order valence-electron chi connectivity index (χ3n) is 1.75. The van der Waals surface area contributed by atoms with Crippen LogP contribution in [0.15, 0.2) is 0 Å². The number of hydrogen-bond donors (Lipinski definition) is 1. The van der Waals surface area contributed by atoms with Gasteiger partial charge in [0, 0.05) is 7.11 Å². The Balaban J connectivity index is 4.26. The summed E-state index contributed by atoms with van der Waals surface area (Å²) in [6.45, 7) is 1.69. The first-order valence-corrected chi connectivity index (χ1v) is 3.86. The Morgan fingerprint density at radius 1 is 1.38 bits per heavy atom. The van der Waals surface area contributed by atoms with Crippen LogP contribution in [0.5, 0.6) is 0 Å². The Labute approximate surface area is 76.6 Å². The van der Waals surface area contributed by atoms with Crippen molar-refractivity contribution in [2.24, 2.45) is 5.92 Å². The van der Waals surface area contributed by atoms with Gasteiger partial charge in [0.2, 0.25) is 0 Å². The largest absolute Gasteiger partial charge is 0.481 e. The summed E-state index contributed by atoms with van der Waals surface area (Å²) in [7, 11) is 2.62. The summed E-state index contributed by atoms with van der Waals surface area (Å²) in [5.41, 5.74) is 0. The van der Waals surface area contributed by atoms with E-state index < -0.39 is 17.9 Å². The van der Waals surface area contributed by atoms with Gasteiger partial charge in [-0.15, -0.1) is 0 Å². The molecule has 0 radical (unpaired) electrons. The van der Waals surface area contributed by atoms with Crippen molar-refractivity contribution in [3.05, 3.63) is 0 Å². The molecule has 0 fully saturated rings. The molecule has 0 aromatic carbocycles. The van der Waals surface area contributed by atoms with Crippen LogP contribution in [-0.2, 0) is 19.1 Å². The number of esters is 1. The summed E-state index contributed by atoms with van der Waals surface area (Å²) >= 11 is 0. The van der Waals surface area contributed by atoms with Crippen molar-refractivity contribution in [1.82, 2.24) is 0 Å². The first-order chi connectivity index (χ1) is 6.02. The molecule has 0 saturated heterocycles. The van der Waals surface area contributed by atoms with E-state index in [1.807, 2.05) is 0 Å². The van der Waals surface area contributed by atoms with Gasteiger partial charge in [0.25, 0.3) is 0 Å². The van der Waals surface area contributed by atoms with E-state index in [-0.39, 0.29) is 12.5 Å². The van der Waals surface area contributed by atoms with Crippen LogP contribution in [0.25, 0.3) is 0 Å². The number of aliphatic carboxylic acids is 1. The number of ether oxygens (including phenoxy) is 2. The van der Waals surface area contributed by atoms with Crippen LogP contribution < -0.4 is 0 Å². The van der Waals surface area contributed by atoms with Gasteiger partial charge in [0.15, 0.2) is 5.92 Å². The first kappa shape index (κ1) is 11.9. The zero-order chi connectivity index (χ0) is 10.4. The molecule has 5 heteroatoms. The average Bonchev–Trinajstić information content (AvgIpc) is 2.11. The summed E-state index contributed by atoms with van der Waals surface area (Å²) in [5.74, 6) is -3.06. The minimum absolute atomic E-state index is 0.124. The molecule has 0 saturated carbocycles. The van der Waals surface area contributed by atoms with Gasteiger partial charge in [-0.3, -0.25) is 9.59 Å². The molecule has 0 aromatic rings. The van der Waals surface area contributed by atoms with Crippen LogP contribution in [0.4, 0.5) is 0 Å². The molecule has 0 heterocycles. The SMILES string of the molecule is COC(=O)C(CC(C)OC)C(=O)O. The number of methoxy groups -OCH3 is 2. The van der Waals surface area contributed by atoms with E-state index in [0.717, 1.165) is 7.11 Å². The predicted molar refractivity (Wildman–Crippen MR) is 44.2 cm³/mol. The van der Waals surface area contributed by atoms with Gasteiger partial charge < -0.3 is 14.6 Å². The molecule has 0 spiro atoms. The van der Waals surface area contributed by atoms with E-state index in [0.29, 0.717) is 0 Å². The van der Waals surface area contributed by atoms with Gasteiger partial charge >= 0.3 is 11.9 Å². The van der Waals surface area contributed by atoms with Crippen molar-refractivity contribution in [2.45, 2.75) is 19.4 Å². The highest BCUT2D eigenvalue weighted by Crippen LogP contribution is 2.10. The standard InChI is InChI=1S/C8H14O5/c1-5(12-2)4-6(7(9)10)8(11)13-3/h5-6H,4H2,1-3H3,(H,9,10). The summed E-state index contributed by atoms with van der Waals surface area (Å²) in [4.78, 5) is 21.5. The smallest absolute Gasteiger partial charge is 0.320 e. The normalized spacial score (nSPS) is 14.7. The number of hydrogen-bond acceptors (Lipinski definition) is 4. The van der Waals surface area contributed by atoms with Gasteiger partial charge in [-0.2, -0.15) is 0 Å². The molecule has 0 aromatic heterocycles. The van der Waals surface area contributed by atoms with Gasteiger partial charge in [0.1, 0.15) is 0 Å². The number of carbonyl (C=O) groups is 2. The second kappa shape index (κ2) is 5.53. The highest BCUT2D eigenvalue weighted by molar-refractivity contribution is 5.93. The molecular weight excluding hydrogens is 176 g/mol. The number of carboxylic acid groups (broad SMARTS) is 1.